The summed E-state index contributed by atoms with van der Waals surface area (Å²) in [7, 11) is 3.27. The third kappa shape index (κ3) is 7.36. The van der Waals surface area contributed by atoms with Crippen molar-refractivity contribution in [3.63, 3.8) is 0 Å². The Balaban J connectivity index is 2.56. The molecule has 0 spiro atoms. The van der Waals surface area contributed by atoms with E-state index in [0.29, 0.717) is 5.75 Å². The number of benzene rings is 1. The summed E-state index contributed by atoms with van der Waals surface area (Å²) >= 11 is 2.20. The van der Waals surface area contributed by atoms with Crippen LogP contribution in [0, 0.1) is 3.57 Å². The normalized spacial score (nSPS) is 12.0. The van der Waals surface area contributed by atoms with Gasteiger partial charge in [0, 0.05) is 30.3 Å². The lowest BCUT2D eigenvalue weighted by Gasteiger charge is -2.22. The van der Waals surface area contributed by atoms with Crippen molar-refractivity contribution in [1.29, 1.82) is 0 Å². The average Bonchev–Trinajstić information content (AvgIpc) is 2.48. The van der Waals surface area contributed by atoms with Gasteiger partial charge in [0.2, 0.25) is 5.91 Å². The lowest BCUT2D eigenvalue weighted by Crippen LogP contribution is -2.37. The van der Waals surface area contributed by atoms with Gasteiger partial charge in [-0.15, -0.1) is 0 Å². The fourth-order valence-electron chi connectivity index (χ4n) is 1.75. The maximum absolute atomic E-state index is 11.4. The lowest BCUT2D eigenvalue weighted by atomic mass is 10.3. The molecular formula is C16H21IN2O4. The highest BCUT2D eigenvalue weighted by Gasteiger charge is 2.15. The van der Waals surface area contributed by atoms with Gasteiger partial charge in [-0.05, 0) is 53.8 Å². The highest BCUT2D eigenvalue weighted by atomic mass is 127. The van der Waals surface area contributed by atoms with E-state index in [2.05, 4.69) is 22.6 Å². The maximum Gasteiger partial charge on any atom is 0.407 e. The van der Waals surface area contributed by atoms with Crippen LogP contribution in [-0.2, 0) is 4.79 Å². The Morgan fingerprint density at radius 1 is 1.30 bits per heavy atom. The lowest BCUT2D eigenvalue weighted by molar-refractivity contribution is -0.123. The molecular weight excluding hydrogens is 411 g/mol. The summed E-state index contributed by atoms with van der Waals surface area (Å²) in [6.07, 6.45) is 1.54. The van der Waals surface area contributed by atoms with Crippen LogP contribution in [0.5, 0.6) is 5.75 Å². The number of rotatable bonds is 7. The van der Waals surface area contributed by atoms with Crippen LogP contribution in [0.4, 0.5) is 4.79 Å². The number of ether oxygens (including phenoxy) is 1. The molecule has 23 heavy (non-hydrogen) atoms. The second-order valence-corrected chi connectivity index (χ2v) is 6.45. The van der Waals surface area contributed by atoms with Gasteiger partial charge in [-0.25, -0.2) is 4.79 Å². The zero-order valence-corrected chi connectivity index (χ0v) is 15.6. The Labute approximate surface area is 149 Å². The second-order valence-electron chi connectivity index (χ2n) is 5.20. The number of carbonyl (C=O) groups is 2. The maximum atomic E-state index is 11.4. The number of carbonyl (C=O) groups excluding carboxylic acids is 1. The Morgan fingerprint density at radius 3 is 2.43 bits per heavy atom. The first-order chi connectivity index (χ1) is 10.8. The van der Waals surface area contributed by atoms with Gasteiger partial charge in [0.25, 0.3) is 0 Å². The molecule has 1 aromatic rings. The van der Waals surface area contributed by atoms with Crippen molar-refractivity contribution < 1.29 is 19.4 Å². The molecule has 0 heterocycles. The molecule has 7 heteroatoms. The van der Waals surface area contributed by atoms with Crippen LogP contribution in [0.25, 0.3) is 0 Å². The first-order valence-electron chi connectivity index (χ1n) is 7.07. The van der Waals surface area contributed by atoms with Crippen LogP contribution < -0.4 is 4.74 Å². The number of nitrogens with zero attached hydrogens (tertiary/aromatic N) is 2. The number of carboxylic acid groups (broad SMARTS) is 1. The third-order valence-corrected chi connectivity index (χ3v) is 3.65. The van der Waals surface area contributed by atoms with E-state index in [0.717, 1.165) is 3.57 Å². The van der Waals surface area contributed by atoms with Gasteiger partial charge in [0.1, 0.15) is 11.9 Å². The van der Waals surface area contributed by atoms with Gasteiger partial charge in [-0.2, -0.15) is 0 Å². The Kier molecular flexibility index (Phi) is 7.87. The molecule has 1 atom stereocenters. The summed E-state index contributed by atoms with van der Waals surface area (Å²) in [5, 5.41) is 9.24. The van der Waals surface area contributed by atoms with Crippen LogP contribution >= 0.6 is 22.6 Å². The molecule has 0 bridgehead atoms. The molecule has 1 unspecified atom stereocenters. The van der Waals surface area contributed by atoms with Crippen molar-refractivity contribution in [2.75, 3.05) is 27.2 Å². The quantitative estimate of drug-likeness (QED) is 0.532. The first-order valence-corrected chi connectivity index (χ1v) is 8.15. The van der Waals surface area contributed by atoms with E-state index >= 15 is 0 Å². The predicted molar refractivity (Wildman–Crippen MR) is 96.7 cm³/mol. The van der Waals surface area contributed by atoms with Gasteiger partial charge in [-0.1, -0.05) is 6.08 Å². The Bertz CT molecular complexity index is 558. The molecule has 0 radical (unpaired) electrons. The zero-order chi connectivity index (χ0) is 17.4. The number of halogens is 1. The van der Waals surface area contributed by atoms with Crippen molar-refractivity contribution in [3.05, 3.63) is 40.0 Å². The van der Waals surface area contributed by atoms with Crippen LogP contribution in [0.15, 0.2) is 36.4 Å². The summed E-state index contributed by atoms with van der Waals surface area (Å²) in [6.45, 7) is 2.15. The smallest absolute Gasteiger partial charge is 0.407 e. The van der Waals surface area contributed by atoms with E-state index in [1.54, 1.807) is 14.1 Å². The monoisotopic (exact) mass is 432 g/mol. The number of hydrogen-bond acceptors (Lipinski definition) is 3. The van der Waals surface area contributed by atoms with Crippen molar-refractivity contribution in [3.8, 4) is 5.75 Å². The molecule has 2 amide bonds. The molecule has 0 saturated heterocycles. The van der Waals surface area contributed by atoms with Crippen LogP contribution in [0.1, 0.15) is 6.92 Å². The molecule has 0 aromatic heterocycles. The molecule has 0 aliphatic rings. The summed E-state index contributed by atoms with van der Waals surface area (Å²) in [4.78, 5) is 25.3. The average molecular weight is 432 g/mol. The number of amides is 2. The van der Waals surface area contributed by atoms with Crippen LogP contribution in [0.2, 0.25) is 0 Å². The molecule has 1 aromatic carbocycles. The SMILES string of the molecule is CC(CN(C/C=C/C(=O)N(C)C)C(=O)O)Oc1ccc(I)cc1. The zero-order valence-electron chi connectivity index (χ0n) is 13.4. The fourth-order valence-corrected chi connectivity index (χ4v) is 2.11. The van der Waals surface area contributed by atoms with Crippen molar-refractivity contribution in [2.45, 2.75) is 13.0 Å². The van der Waals surface area contributed by atoms with Crippen LogP contribution in [0.3, 0.4) is 0 Å². The van der Waals surface area contributed by atoms with E-state index in [-0.39, 0.29) is 25.1 Å². The van der Waals surface area contributed by atoms with Crippen molar-refractivity contribution in [1.82, 2.24) is 9.80 Å². The molecule has 0 aliphatic carbocycles. The standard InChI is InChI=1S/C16H21IN2O4/c1-12(23-14-8-6-13(17)7-9-14)11-19(16(21)22)10-4-5-15(20)18(2)3/h4-9,12H,10-11H2,1-3H3,(H,21,22)/b5-4+. The summed E-state index contributed by atoms with van der Waals surface area (Å²) in [6, 6.07) is 7.54. The second kappa shape index (κ2) is 9.39. The third-order valence-electron chi connectivity index (χ3n) is 2.93. The van der Waals surface area contributed by atoms with Crippen molar-refractivity contribution in [2.24, 2.45) is 0 Å². The van der Waals surface area contributed by atoms with E-state index in [1.165, 1.54) is 22.0 Å². The van der Waals surface area contributed by atoms with E-state index in [1.807, 2.05) is 31.2 Å². The number of likely N-dealkylation sites (N-methyl/N-ethyl adjacent to an activating group) is 1. The van der Waals surface area contributed by atoms with E-state index in [9.17, 15) is 14.7 Å². The van der Waals surface area contributed by atoms with Gasteiger partial charge in [-0.3, -0.25) is 4.79 Å². The van der Waals surface area contributed by atoms with Gasteiger partial charge < -0.3 is 19.6 Å². The molecule has 1 N–H and O–H groups in total. The fraction of sp³-hybridized carbons (Fsp3) is 0.375. The summed E-state index contributed by atoms with van der Waals surface area (Å²) in [5.74, 6) is 0.514. The molecule has 6 nitrogen and oxygen atoms in total. The molecule has 0 aliphatic heterocycles. The molecule has 0 fully saturated rings. The van der Waals surface area contributed by atoms with Gasteiger partial charge in [0.05, 0.1) is 6.54 Å². The van der Waals surface area contributed by atoms with Gasteiger partial charge >= 0.3 is 6.09 Å². The predicted octanol–water partition coefficient (Wildman–Crippen LogP) is 2.68. The molecule has 1 rings (SSSR count). The largest absolute Gasteiger partial charge is 0.489 e. The summed E-state index contributed by atoms with van der Waals surface area (Å²) in [5.41, 5.74) is 0. The topological polar surface area (TPSA) is 70.1 Å². The highest BCUT2D eigenvalue weighted by molar-refractivity contribution is 14.1. The number of hydrogen-bond donors (Lipinski definition) is 1. The van der Waals surface area contributed by atoms with Crippen molar-refractivity contribution >= 4 is 34.6 Å². The molecule has 126 valence electrons. The highest BCUT2D eigenvalue weighted by Crippen LogP contribution is 2.15. The van der Waals surface area contributed by atoms with E-state index < -0.39 is 6.09 Å². The molecule has 0 saturated carbocycles. The van der Waals surface area contributed by atoms with E-state index in [4.69, 9.17) is 4.74 Å². The minimum absolute atomic E-state index is 0.134. The minimum atomic E-state index is -1.05. The summed E-state index contributed by atoms with van der Waals surface area (Å²) < 4.78 is 6.81. The first kappa shape index (κ1) is 19.3. The Morgan fingerprint density at radius 2 is 1.91 bits per heavy atom. The van der Waals surface area contributed by atoms with Gasteiger partial charge in [0.15, 0.2) is 0 Å². The Hall–Kier alpha value is -1.77. The minimum Gasteiger partial charge on any atom is -0.489 e. The van der Waals surface area contributed by atoms with Crippen LogP contribution in [-0.4, -0.2) is 60.2 Å².